The Labute approximate surface area is 372 Å². The summed E-state index contributed by atoms with van der Waals surface area (Å²) in [6.07, 6.45) is 11.4. The molecule has 0 saturated carbocycles. The molecule has 0 aromatic heterocycles. The standard InChI is InChI=1S/C50H36S8/c1-51-47-48(52-2)56-45(55-47)43-39-19-35-31-17-33(29-15-25-11-7-5-9-23(25)13-27(29)31)37(35)21-41(39)44(46-57-49(53-3)50(54-4)58-46)42-22-38-34-18-32(36(38)20-40(42)43)28-14-24-10-6-8-12-26(24)16-30(28)34/h5-16,19-22,31-34H,17-18H2,1-4H3. The lowest BCUT2D eigenvalue weighted by atomic mass is 9.81. The van der Waals surface area contributed by atoms with Crippen LogP contribution in [0.25, 0.3) is 51.6 Å². The molecule has 0 saturated heterocycles. The molecule has 0 amide bonds. The monoisotopic (exact) mass is 892 g/mol. The summed E-state index contributed by atoms with van der Waals surface area (Å²) >= 11 is 15.7. The summed E-state index contributed by atoms with van der Waals surface area (Å²) in [5.74, 6) is 1.79. The molecule has 0 N–H and O–H groups in total. The summed E-state index contributed by atoms with van der Waals surface area (Å²) in [4.78, 5) is 0. The molecule has 0 nitrogen and oxygen atoms in total. The van der Waals surface area contributed by atoms with E-state index in [4.69, 9.17) is 0 Å². The van der Waals surface area contributed by atoms with Crippen molar-refractivity contribution in [3.63, 3.8) is 0 Å². The van der Waals surface area contributed by atoms with E-state index < -0.39 is 0 Å². The molecule has 4 bridgehead atoms. The molecule has 0 spiro atoms. The molecule has 2 heterocycles. The van der Waals surface area contributed by atoms with Crippen LogP contribution in [0.5, 0.6) is 0 Å². The fourth-order valence-corrected chi connectivity index (χ4v) is 21.5. The van der Waals surface area contributed by atoms with Gasteiger partial charge in [-0.1, -0.05) is 120 Å². The Hall–Kier alpha value is -2.40. The van der Waals surface area contributed by atoms with Crippen LogP contribution in [0.4, 0.5) is 0 Å². The first-order valence-corrected chi connectivity index (χ1v) is 28.0. The van der Waals surface area contributed by atoms with Crippen LogP contribution in [0.3, 0.4) is 0 Å². The maximum Gasteiger partial charge on any atom is 0.0657 e. The molecule has 4 aliphatic carbocycles. The fourth-order valence-electron chi connectivity index (χ4n) is 11.2. The summed E-state index contributed by atoms with van der Waals surface area (Å²) in [6, 6.07) is 38.8. The first-order valence-electron chi connectivity index (χ1n) is 19.8. The van der Waals surface area contributed by atoms with E-state index in [1.54, 1.807) is 44.5 Å². The van der Waals surface area contributed by atoms with Gasteiger partial charge in [0.25, 0.3) is 0 Å². The average Bonchev–Trinajstić information content (AvgIpc) is 4.12. The second kappa shape index (κ2) is 13.5. The molecule has 4 atom stereocenters. The predicted molar refractivity (Wildman–Crippen MR) is 270 cm³/mol. The molecule has 13 rings (SSSR count). The number of hydrogen-bond acceptors (Lipinski definition) is 8. The highest BCUT2D eigenvalue weighted by Crippen LogP contribution is 2.62. The van der Waals surface area contributed by atoms with Crippen molar-refractivity contribution < 1.29 is 0 Å². The Kier molecular flexibility index (Phi) is 8.47. The quantitative estimate of drug-likeness (QED) is 0.158. The Morgan fingerprint density at radius 3 is 0.845 bits per heavy atom. The summed E-state index contributed by atoms with van der Waals surface area (Å²) in [5.41, 5.74) is 12.5. The van der Waals surface area contributed by atoms with Gasteiger partial charge in [-0.25, -0.2) is 0 Å². The Morgan fingerprint density at radius 1 is 0.362 bits per heavy atom. The molecule has 8 heteroatoms. The lowest BCUT2D eigenvalue weighted by molar-refractivity contribution is 0.796. The molecule has 284 valence electrons. The van der Waals surface area contributed by atoms with Gasteiger partial charge >= 0.3 is 0 Å². The second-order valence-electron chi connectivity index (χ2n) is 16.1. The van der Waals surface area contributed by atoms with Crippen LogP contribution in [-0.2, 0) is 0 Å². The van der Waals surface area contributed by atoms with E-state index in [0.717, 1.165) is 0 Å². The van der Waals surface area contributed by atoms with Gasteiger partial charge in [0.2, 0.25) is 0 Å². The number of benzene rings is 7. The maximum atomic E-state index is 2.69. The molecular weight excluding hydrogens is 857 g/mol. The van der Waals surface area contributed by atoms with Gasteiger partial charge in [-0.05, 0) is 150 Å². The minimum absolute atomic E-state index is 0.448. The molecule has 4 unspecified atom stereocenters. The average molecular weight is 893 g/mol. The highest BCUT2D eigenvalue weighted by atomic mass is 32.3. The highest BCUT2D eigenvalue weighted by molar-refractivity contribution is 8.46. The number of hydrogen-bond donors (Lipinski definition) is 0. The molecule has 7 aromatic carbocycles. The van der Waals surface area contributed by atoms with Gasteiger partial charge in [-0.15, -0.1) is 47.0 Å². The summed E-state index contributed by atoms with van der Waals surface area (Å²) < 4.78 is 8.65. The second-order valence-corrected chi connectivity index (χ2v) is 25.0. The van der Waals surface area contributed by atoms with Crippen LogP contribution in [0.1, 0.15) is 81.0 Å². The Bertz CT molecular complexity index is 2840. The molecule has 58 heavy (non-hydrogen) atoms. The number of rotatable bonds is 4. The van der Waals surface area contributed by atoms with Crippen LogP contribution < -0.4 is 10.4 Å². The lowest BCUT2D eigenvalue weighted by Crippen LogP contribution is -2.19. The van der Waals surface area contributed by atoms with Crippen molar-refractivity contribution in [3.8, 4) is 0 Å². The van der Waals surface area contributed by atoms with Gasteiger partial charge in [-0.2, -0.15) is 0 Å². The zero-order chi connectivity index (χ0) is 38.6. The summed E-state index contributed by atoms with van der Waals surface area (Å²) in [6.45, 7) is 0. The highest BCUT2D eigenvalue weighted by Gasteiger charge is 2.44. The lowest BCUT2D eigenvalue weighted by Gasteiger charge is -2.24. The third kappa shape index (κ3) is 5.04. The minimum atomic E-state index is 0.448. The van der Waals surface area contributed by atoms with Crippen molar-refractivity contribution in [1.82, 2.24) is 0 Å². The van der Waals surface area contributed by atoms with Gasteiger partial charge in [-0.3, -0.25) is 0 Å². The van der Waals surface area contributed by atoms with E-state index in [2.05, 4.69) is 122 Å². The third-order valence-corrected chi connectivity index (χ3v) is 24.0. The Balaban J connectivity index is 1.14. The van der Waals surface area contributed by atoms with Gasteiger partial charge < -0.3 is 0 Å². The van der Waals surface area contributed by atoms with E-state index in [1.807, 2.05) is 94.1 Å². The topological polar surface area (TPSA) is 0 Å². The van der Waals surface area contributed by atoms with Gasteiger partial charge in [0.1, 0.15) is 0 Å². The van der Waals surface area contributed by atoms with Crippen molar-refractivity contribution in [2.45, 2.75) is 36.5 Å². The zero-order valence-corrected chi connectivity index (χ0v) is 38.8. The van der Waals surface area contributed by atoms with Crippen LogP contribution in [0.15, 0.2) is 114 Å². The largest absolute Gasteiger partial charge is 0.121 e. The predicted octanol–water partition coefficient (Wildman–Crippen LogP) is 15.1. The van der Waals surface area contributed by atoms with E-state index in [1.165, 1.54) is 91.8 Å². The van der Waals surface area contributed by atoms with Crippen molar-refractivity contribution >= 4 is 146 Å². The molecule has 0 radical (unpaired) electrons. The molecule has 0 fully saturated rings. The third-order valence-electron chi connectivity index (χ3n) is 13.6. The summed E-state index contributed by atoms with van der Waals surface area (Å²) in [7, 11) is 0. The summed E-state index contributed by atoms with van der Waals surface area (Å²) in [5, 5.41) is 14.2. The zero-order valence-electron chi connectivity index (χ0n) is 32.2. The molecule has 2 aliphatic heterocycles. The van der Waals surface area contributed by atoms with Crippen molar-refractivity contribution in [2.24, 2.45) is 0 Å². The Morgan fingerprint density at radius 2 is 0.603 bits per heavy atom. The maximum absolute atomic E-state index is 2.69. The van der Waals surface area contributed by atoms with Gasteiger partial charge in [0.15, 0.2) is 0 Å². The molecule has 6 aliphatic rings. The van der Waals surface area contributed by atoms with E-state index in [0.29, 0.717) is 23.7 Å². The normalized spacial score (nSPS) is 22.5. The molecular formula is C50H36S8. The van der Waals surface area contributed by atoms with Crippen molar-refractivity contribution in [1.29, 1.82) is 0 Å². The van der Waals surface area contributed by atoms with Gasteiger partial charge in [0.05, 0.1) is 25.4 Å². The van der Waals surface area contributed by atoms with E-state index in [-0.39, 0.29) is 0 Å². The van der Waals surface area contributed by atoms with Crippen LogP contribution in [-0.4, -0.2) is 25.0 Å². The fraction of sp³-hybridized carbons (Fsp3) is 0.200. The first-order chi connectivity index (χ1) is 28.5. The van der Waals surface area contributed by atoms with Crippen molar-refractivity contribution in [2.75, 3.05) is 25.0 Å². The number of fused-ring (bicyclic) bond motifs is 20. The first kappa shape index (κ1) is 36.3. The smallest absolute Gasteiger partial charge is 0.0657 e. The minimum Gasteiger partial charge on any atom is -0.121 e. The number of thioether (sulfide) groups is 8. The van der Waals surface area contributed by atoms with Crippen LogP contribution in [0.2, 0.25) is 0 Å². The van der Waals surface area contributed by atoms with Gasteiger partial charge in [0, 0.05) is 34.1 Å². The van der Waals surface area contributed by atoms with Crippen molar-refractivity contribution in [3.05, 3.63) is 169 Å². The molecule has 7 aromatic rings. The van der Waals surface area contributed by atoms with E-state index in [9.17, 15) is 0 Å². The van der Waals surface area contributed by atoms with E-state index >= 15 is 0 Å². The van der Waals surface area contributed by atoms with Crippen LogP contribution >= 0.6 is 94.1 Å². The SMILES string of the molecule is CSC1=C(SC)SC(=c2c3cc4c(cc3c(=C3SC(SC)=C(SC)S3)c3cc5c(cc23)C2CC5c3cc5ccccc5cc32)C2CC4c3cc4ccccc4cc32)S1. The van der Waals surface area contributed by atoms with Crippen LogP contribution in [0, 0.1) is 0 Å².